The molecule has 0 fully saturated rings. The molecular weight excluding hydrogens is 345 g/mol. The van der Waals surface area contributed by atoms with E-state index in [-0.39, 0.29) is 0 Å². The predicted octanol–water partition coefficient (Wildman–Crippen LogP) is 2.23. The highest BCUT2D eigenvalue weighted by Gasteiger charge is 2.44. The first-order chi connectivity index (χ1) is 11.4. The van der Waals surface area contributed by atoms with Gasteiger partial charge in [0.15, 0.2) is 11.5 Å². The quantitative estimate of drug-likeness (QED) is 0.633. The van der Waals surface area contributed by atoms with Gasteiger partial charge < -0.3 is 24.4 Å². The van der Waals surface area contributed by atoms with Crippen LogP contribution in [0, 0.1) is 6.92 Å². The number of hydrogen-bond acceptors (Lipinski definition) is 6. The van der Waals surface area contributed by atoms with E-state index in [1.807, 2.05) is 32.3 Å². The number of anilines is 1. The second kappa shape index (κ2) is 6.64. The summed E-state index contributed by atoms with van der Waals surface area (Å²) in [5.74, 6) is 1.23. The summed E-state index contributed by atoms with van der Waals surface area (Å²) in [6.07, 6.45) is 1.57. The van der Waals surface area contributed by atoms with E-state index >= 15 is 0 Å². The van der Waals surface area contributed by atoms with Crippen LogP contribution in [0.5, 0.6) is 0 Å². The molecule has 9 nitrogen and oxygen atoms in total. The van der Waals surface area contributed by atoms with Gasteiger partial charge in [-0.2, -0.15) is 0 Å². The number of aromatic nitrogens is 4. The molecular formula is C15H26N5O4P. The third kappa shape index (κ3) is 3.69. The third-order valence-corrected chi connectivity index (χ3v) is 5.33. The van der Waals surface area contributed by atoms with Crippen molar-refractivity contribution in [2.24, 2.45) is 0 Å². The van der Waals surface area contributed by atoms with Gasteiger partial charge in [-0.25, -0.2) is 15.0 Å². The molecule has 3 N–H and O–H groups in total. The van der Waals surface area contributed by atoms with Crippen LogP contribution in [-0.4, -0.2) is 48.3 Å². The predicted molar refractivity (Wildman–Crippen MR) is 95.6 cm³/mol. The summed E-state index contributed by atoms with van der Waals surface area (Å²) in [6, 6.07) is 0. The lowest BCUT2D eigenvalue weighted by atomic mass is 9.81. The van der Waals surface area contributed by atoms with Crippen molar-refractivity contribution >= 4 is 24.6 Å². The first kappa shape index (κ1) is 19.8. The average molecular weight is 371 g/mol. The smallest absolute Gasteiger partial charge is 0.351 e. The molecule has 0 aromatic carbocycles. The molecule has 0 aliphatic heterocycles. The lowest BCUT2D eigenvalue weighted by Crippen LogP contribution is -2.51. The molecule has 0 saturated heterocycles. The van der Waals surface area contributed by atoms with E-state index in [0.29, 0.717) is 29.2 Å². The number of imidazole rings is 1. The summed E-state index contributed by atoms with van der Waals surface area (Å²) >= 11 is 0. The first-order valence-corrected chi connectivity index (χ1v) is 9.83. The number of fused-ring (bicyclic) bond motifs is 1. The maximum Gasteiger partial charge on any atom is 0.351 e. The molecule has 1 atom stereocenters. The molecule has 25 heavy (non-hydrogen) atoms. The highest BCUT2D eigenvalue weighted by atomic mass is 31.2. The van der Waals surface area contributed by atoms with Gasteiger partial charge in [0, 0.05) is 7.05 Å². The Kier molecular flexibility index (Phi) is 5.26. The minimum Gasteiger partial charge on any atom is -0.371 e. The maximum absolute atomic E-state index is 11.3. The van der Waals surface area contributed by atoms with Crippen LogP contribution in [0.3, 0.4) is 0 Å². The molecule has 0 aliphatic rings. The van der Waals surface area contributed by atoms with Gasteiger partial charge in [0.2, 0.25) is 0 Å². The van der Waals surface area contributed by atoms with Crippen molar-refractivity contribution < 1.29 is 19.1 Å². The monoisotopic (exact) mass is 371 g/mol. The highest BCUT2D eigenvalue weighted by molar-refractivity contribution is 7.51. The Labute approximate surface area is 147 Å². The Bertz CT molecular complexity index is 816. The van der Waals surface area contributed by atoms with Crippen LogP contribution in [-0.2, 0) is 14.8 Å². The van der Waals surface area contributed by atoms with Gasteiger partial charge >= 0.3 is 7.60 Å². The van der Waals surface area contributed by atoms with Crippen molar-refractivity contribution in [3.8, 4) is 0 Å². The molecule has 0 unspecified atom stereocenters. The minimum absolute atomic E-state index is 0.544. The van der Waals surface area contributed by atoms with Crippen molar-refractivity contribution in [3.63, 3.8) is 0 Å². The van der Waals surface area contributed by atoms with E-state index in [2.05, 4.69) is 20.3 Å². The molecule has 0 amide bonds. The van der Waals surface area contributed by atoms with E-state index in [0.717, 1.165) is 0 Å². The lowest BCUT2D eigenvalue weighted by Gasteiger charge is -2.44. The largest absolute Gasteiger partial charge is 0.371 e. The fourth-order valence-electron chi connectivity index (χ4n) is 2.78. The number of rotatable bonds is 7. The highest BCUT2D eigenvalue weighted by Crippen LogP contribution is 2.42. The van der Waals surface area contributed by atoms with E-state index in [4.69, 9.17) is 4.74 Å². The Hall–Kier alpha value is -1.54. The van der Waals surface area contributed by atoms with Crippen LogP contribution in [0.4, 0.5) is 5.82 Å². The maximum atomic E-state index is 11.3. The minimum atomic E-state index is -4.27. The SMILES string of the molecule is CC[C@@](C)(OCP(=O)(O)O)C(C)(C)n1cnc2c(NC)nc(C)nc21. The van der Waals surface area contributed by atoms with Gasteiger partial charge in [0.1, 0.15) is 17.7 Å². The van der Waals surface area contributed by atoms with Crippen LogP contribution in [0.15, 0.2) is 6.33 Å². The molecule has 2 aromatic rings. The molecule has 10 heteroatoms. The summed E-state index contributed by atoms with van der Waals surface area (Å²) in [7, 11) is -2.50. The molecule has 140 valence electrons. The second-order valence-electron chi connectivity index (χ2n) is 6.74. The molecule has 2 heterocycles. The third-order valence-electron chi connectivity index (χ3n) is 4.87. The van der Waals surface area contributed by atoms with Crippen molar-refractivity contribution in [2.75, 3.05) is 18.7 Å². The number of hydrogen-bond donors (Lipinski definition) is 3. The van der Waals surface area contributed by atoms with Crippen LogP contribution < -0.4 is 5.32 Å². The van der Waals surface area contributed by atoms with Gasteiger partial charge in [-0.05, 0) is 34.1 Å². The zero-order valence-electron chi connectivity index (χ0n) is 15.4. The fourth-order valence-corrected chi connectivity index (χ4v) is 3.24. The first-order valence-electron chi connectivity index (χ1n) is 8.03. The number of nitrogens with one attached hydrogen (secondary N) is 1. The Morgan fingerprint density at radius 3 is 2.48 bits per heavy atom. The van der Waals surface area contributed by atoms with E-state index in [1.165, 1.54) is 0 Å². The Morgan fingerprint density at radius 1 is 1.32 bits per heavy atom. The summed E-state index contributed by atoms with van der Waals surface area (Å²) in [5.41, 5.74) is -0.242. The summed E-state index contributed by atoms with van der Waals surface area (Å²) in [5, 5.41) is 3.01. The standard InChI is InChI=1S/C15H26N5O4P/c1-7-15(5,24-9-25(21,22)23)14(3,4)20-8-17-11-12(16-6)18-10(2)19-13(11)20/h8H,7,9H2,1-6H3,(H,16,18,19)(H2,21,22,23)/t15-/m1/s1. The van der Waals surface area contributed by atoms with Crippen molar-refractivity contribution in [2.45, 2.75) is 52.2 Å². The van der Waals surface area contributed by atoms with Crippen molar-refractivity contribution in [1.29, 1.82) is 0 Å². The normalized spacial score (nSPS) is 15.4. The lowest BCUT2D eigenvalue weighted by molar-refractivity contribution is -0.0914. The van der Waals surface area contributed by atoms with Crippen LogP contribution >= 0.6 is 7.60 Å². The van der Waals surface area contributed by atoms with Crippen molar-refractivity contribution in [1.82, 2.24) is 19.5 Å². The number of ether oxygens (including phenoxy) is 1. The topological polar surface area (TPSA) is 122 Å². The zero-order valence-corrected chi connectivity index (χ0v) is 16.3. The van der Waals surface area contributed by atoms with Gasteiger partial charge in [0.05, 0.1) is 17.5 Å². The van der Waals surface area contributed by atoms with E-state index in [9.17, 15) is 14.4 Å². The van der Waals surface area contributed by atoms with Gasteiger partial charge in [-0.3, -0.25) is 4.57 Å². The van der Waals surface area contributed by atoms with Crippen LogP contribution in [0.2, 0.25) is 0 Å². The van der Waals surface area contributed by atoms with E-state index < -0.39 is 25.1 Å². The molecule has 0 aliphatic carbocycles. The summed E-state index contributed by atoms with van der Waals surface area (Å²) < 4.78 is 18.8. The molecule has 0 bridgehead atoms. The van der Waals surface area contributed by atoms with Crippen LogP contribution in [0.1, 0.15) is 39.9 Å². The van der Waals surface area contributed by atoms with Gasteiger partial charge in [-0.15, -0.1) is 0 Å². The molecule has 0 saturated carbocycles. The average Bonchev–Trinajstić information content (AvgIpc) is 2.95. The second-order valence-corrected chi connectivity index (χ2v) is 8.33. The van der Waals surface area contributed by atoms with Crippen molar-refractivity contribution in [3.05, 3.63) is 12.2 Å². The summed E-state index contributed by atoms with van der Waals surface area (Å²) in [6.45, 7) is 9.43. The fraction of sp³-hybridized carbons (Fsp3) is 0.667. The van der Waals surface area contributed by atoms with Gasteiger partial charge in [-0.1, -0.05) is 6.92 Å². The van der Waals surface area contributed by atoms with E-state index in [1.54, 1.807) is 20.3 Å². The summed E-state index contributed by atoms with van der Waals surface area (Å²) in [4.78, 5) is 31.6. The molecule has 0 spiro atoms. The zero-order chi connectivity index (χ0) is 19.0. The van der Waals surface area contributed by atoms with Gasteiger partial charge in [0.25, 0.3) is 0 Å². The van der Waals surface area contributed by atoms with Crippen LogP contribution in [0.25, 0.3) is 11.2 Å². The molecule has 2 rings (SSSR count). The number of aryl methyl sites for hydroxylation is 1. The molecule has 0 radical (unpaired) electrons. The Morgan fingerprint density at radius 2 is 1.96 bits per heavy atom. The molecule has 2 aromatic heterocycles. The number of nitrogens with zero attached hydrogens (tertiary/aromatic N) is 4. The Balaban J connectivity index is 2.55.